The van der Waals surface area contributed by atoms with Crippen LogP contribution >= 0.6 is 11.3 Å². The van der Waals surface area contributed by atoms with Crippen LogP contribution in [-0.4, -0.2) is 38.2 Å². The lowest BCUT2D eigenvalue weighted by Crippen LogP contribution is -2.30. The summed E-state index contributed by atoms with van der Waals surface area (Å²) in [6.07, 6.45) is 5.32. The van der Waals surface area contributed by atoms with E-state index in [1.807, 2.05) is 22.7 Å². The fourth-order valence-electron chi connectivity index (χ4n) is 3.02. The van der Waals surface area contributed by atoms with Crippen molar-refractivity contribution in [2.75, 3.05) is 13.1 Å². The summed E-state index contributed by atoms with van der Waals surface area (Å²) in [6, 6.07) is 0.316. The summed E-state index contributed by atoms with van der Waals surface area (Å²) >= 11 is 1.65. The van der Waals surface area contributed by atoms with Crippen LogP contribution < -0.4 is 4.80 Å². The average Bonchev–Trinajstić information content (AvgIpc) is 3.27. The Hall–Kier alpha value is -1.89. The third-order valence-corrected chi connectivity index (χ3v) is 5.23. The molecule has 0 aromatic carbocycles. The minimum Gasteiger partial charge on any atom is -0.341 e. The molecule has 1 unspecified atom stereocenters. The van der Waals surface area contributed by atoms with Crippen LogP contribution in [0.1, 0.15) is 38.4 Å². The van der Waals surface area contributed by atoms with Crippen LogP contribution in [0.3, 0.4) is 0 Å². The molecular weight excluding hydrogens is 310 g/mol. The molecule has 1 aliphatic heterocycles. The van der Waals surface area contributed by atoms with Crippen LogP contribution in [0.4, 0.5) is 5.69 Å². The molecule has 0 aliphatic carbocycles. The molecule has 1 atom stereocenters. The SMILES string of the molecule is CCC(=O)N1CCC(n2c(C)csc2=Nc2cnn(CC)c2)C1. The molecule has 3 heterocycles. The van der Waals surface area contributed by atoms with Gasteiger partial charge in [0.05, 0.1) is 18.4 Å². The topological polar surface area (TPSA) is 55.4 Å². The quantitative estimate of drug-likeness (QED) is 0.863. The molecule has 23 heavy (non-hydrogen) atoms. The van der Waals surface area contributed by atoms with Crippen molar-refractivity contribution < 1.29 is 4.79 Å². The van der Waals surface area contributed by atoms with E-state index in [9.17, 15) is 4.79 Å². The first kappa shape index (κ1) is 16.0. The van der Waals surface area contributed by atoms with Gasteiger partial charge in [0.1, 0.15) is 5.69 Å². The third-order valence-electron chi connectivity index (χ3n) is 4.27. The molecular formula is C16H23N5OS. The zero-order chi connectivity index (χ0) is 16.4. The van der Waals surface area contributed by atoms with Crippen LogP contribution in [0.2, 0.25) is 0 Å². The lowest BCUT2D eigenvalue weighted by atomic mass is 10.2. The smallest absolute Gasteiger partial charge is 0.222 e. The predicted molar refractivity (Wildman–Crippen MR) is 90.7 cm³/mol. The highest BCUT2D eigenvalue weighted by Gasteiger charge is 2.27. The number of amides is 1. The van der Waals surface area contributed by atoms with Gasteiger partial charge in [-0.15, -0.1) is 11.3 Å². The number of hydrogen-bond acceptors (Lipinski definition) is 4. The van der Waals surface area contributed by atoms with Gasteiger partial charge in [0.15, 0.2) is 4.80 Å². The number of aryl methyl sites for hydroxylation is 2. The summed E-state index contributed by atoms with van der Waals surface area (Å²) in [6.45, 7) is 8.55. The molecule has 6 nitrogen and oxygen atoms in total. The molecule has 0 saturated carbocycles. The van der Waals surface area contributed by atoms with Gasteiger partial charge in [-0.2, -0.15) is 5.10 Å². The first-order valence-electron chi connectivity index (χ1n) is 8.14. The average molecular weight is 333 g/mol. The number of nitrogens with zero attached hydrogens (tertiary/aromatic N) is 5. The first-order chi connectivity index (χ1) is 11.1. The zero-order valence-corrected chi connectivity index (χ0v) is 14.7. The summed E-state index contributed by atoms with van der Waals surface area (Å²) in [7, 11) is 0. The largest absolute Gasteiger partial charge is 0.341 e. The van der Waals surface area contributed by atoms with Crippen LogP contribution in [-0.2, 0) is 11.3 Å². The number of aromatic nitrogens is 3. The van der Waals surface area contributed by atoms with E-state index in [0.29, 0.717) is 12.5 Å². The summed E-state index contributed by atoms with van der Waals surface area (Å²) in [5, 5.41) is 6.41. The van der Waals surface area contributed by atoms with Gasteiger partial charge in [-0.05, 0) is 20.3 Å². The number of carbonyl (C=O) groups excluding carboxylic acids is 1. The second kappa shape index (κ2) is 6.70. The molecule has 2 aromatic heterocycles. The van der Waals surface area contributed by atoms with Gasteiger partial charge < -0.3 is 9.47 Å². The lowest BCUT2D eigenvalue weighted by Gasteiger charge is -2.17. The van der Waals surface area contributed by atoms with Crippen molar-refractivity contribution in [1.29, 1.82) is 0 Å². The van der Waals surface area contributed by atoms with Crippen molar-refractivity contribution in [2.24, 2.45) is 4.99 Å². The van der Waals surface area contributed by atoms with Gasteiger partial charge in [-0.1, -0.05) is 6.92 Å². The van der Waals surface area contributed by atoms with Crippen molar-refractivity contribution >= 4 is 22.9 Å². The van der Waals surface area contributed by atoms with Crippen molar-refractivity contribution in [1.82, 2.24) is 19.2 Å². The van der Waals surface area contributed by atoms with Gasteiger partial charge in [-0.25, -0.2) is 4.99 Å². The Morgan fingerprint density at radius 1 is 1.48 bits per heavy atom. The van der Waals surface area contributed by atoms with Gasteiger partial charge in [0, 0.05) is 37.1 Å². The Bertz CT molecular complexity index is 757. The summed E-state index contributed by atoms with van der Waals surface area (Å²) in [4.78, 5) is 19.6. The minimum absolute atomic E-state index is 0.240. The predicted octanol–water partition coefficient (Wildman–Crippen LogP) is 2.49. The Kier molecular flexibility index (Phi) is 4.66. The van der Waals surface area contributed by atoms with Crippen molar-refractivity contribution in [3.8, 4) is 0 Å². The number of thiazole rings is 1. The van der Waals surface area contributed by atoms with Crippen LogP contribution in [0.15, 0.2) is 22.8 Å². The second-order valence-corrected chi connectivity index (χ2v) is 6.67. The van der Waals surface area contributed by atoms with Crippen molar-refractivity contribution in [3.05, 3.63) is 28.3 Å². The maximum atomic E-state index is 11.9. The number of likely N-dealkylation sites (tertiary alicyclic amines) is 1. The summed E-state index contributed by atoms with van der Waals surface area (Å²) < 4.78 is 4.15. The highest BCUT2D eigenvalue weighted by Crippen LogP contribution is 2.23. The standard InChI is InChI=1S/C16H23N5OS/c1-4-15(22)19-7-6-14(10-19)21-12(3)11-23-16(21)18-13-8-17-20(5-2)9-13/h8-9,11,14H,4-7,10H2,1-3H3. The van der Waals surface area contributed by atoms with E-state index in [-0.39, 0.29) is 5.91 Å². The Morgan fingerprint density at radius 2 is 2.30 bits per heavy atom. The fraction of sp³-hybridized carbons (Fsp3) is 0.562. The normalized spacial score (nSPS) is 18.8. The molecule has 1 saturated heterocycles. The highest BCUT2D eigenvalue weighted by atomic mass is 32.1. The lowest BCUT2D eigenvalue weighted by molar-refractivity contribution is -0.129. The summed E-state index contributed by atoms with van der Waals surface area (Å²) in [5.74, 6) is 0.240. The van der Waals surface area contributed by atoms with E-state index in [0.717, 1.165) is 36.5 Å². The molecule has 0 N–H and O–H groups in total. The maximum Gasteiger partial charge on any atom is 0.222 e. The molecule has 0 radical (unpaired) electrons. The van der Waals surface area contributed by atoms with Gasteiger partial charge in [0.2, 0.25) is 5.91 Å². The van der Waals surface area contributed by atoms with Crippen LogP contribution in [0.5, 0.6) is 0 Å². The molecule has 0 spiro atoms. The molecule has 3 rings (SSSR count). The molecule has 124 valence electrons. The van der Waals surface area contributed by atoms with E-state index in [2.05, 4.69) is 28.9 Å². The maximum absolute atomic E-state index is 11.9. The Labute approximate surface area is 140 Å². The Balaban J connectivity index is 1.89. The van der Waals surface area contributed by atoms with Crippen LogP contribution in [0.25, 0.3) is 0 Å². The number of carbonyl (C=O) groups is 1. The van der Waals surface area contributed by atoms with E-state index in [1.54, 1.807) is 17.5 Å². The fourth-order valence-corrected chi connectivity index (χ4v) is 3.98. The Morgan fingerprint density at radius 3 is 3.00 bits per heavy atom. The second-order valence-electron chi connectivity index (χ2n) is 5.83. The molecule has 0 bridgehead atoms. The van der Waals surface area contributed by atoms with Gasteiger partial charge >= 0.3 is 0 Å². The molecule has 2 aromatic rings. The minimum atomic E-state index is 0.240. The number of hydrogen-bond donors (Lipinski definition) is 0. The van der Waals surface area contributed by atoms with E-state index in [1.165, 1.54) is 5.69 Å². The summed E-state index contributed by atoms with van der Waals surface area (Å²) in [5.41, 5.74) is 2.08. The first-order valence-corrected chi connectivity index (χ1v) is 9.02. The van der Waals surface area contributed by atoms with Crippen molar-refractivity contribution in [2.45, 2.75) is 46.2 Å². The van der Waals surface area contributed by atoms with Gasteiger partial charge in [0.25, 0.3) is 0 Å². The zero-order valence-electron chi connectivity index (χ0n) is 13.9. The molecule has 1 aliphatic rings. The van der Waals surface area contributed by atoms with Gasteiger partial charge in [-0.3, -0.25) is 9.48 Å². The third kappa shape index (κ3) is 3.24. The van der Waals surface area contributed by atoms with Crippen LogP contribution in [0, 0.1) is 6.92 Å². The van der Waals surface area contributed by atoms with E-state index >= 15 is 0 Å². The van der Waals surface area contributed by atoms with E-state index < -0.39 is 0 Å². The number of rotatable bonds is 4. The van der Waals surface area contributed by atoms with E-state index in [4.69, 9.17) is 4.99 Å². The molecule has 7 heteroatoms. The highest BCUT2D eigenvalue weighted by molar-refractivity contribution is 7.07. The molecule has 1 fully saturated rings. The monoisotopic (exact) mass is 333 g/mol. The molecule has 1 amide bonds. The van der Waals surface area contributed by atoms with Crippen molar-refractivity contribution in [3.63, 3.8) is 0 Å².